The molecule has 0 bridgehead atoms. The number of sulfonamides is 1. The summed E-state index contributed by atoms with van der Waals surface area (Å²) >= 11 is 5.49. The van der Waals surface area contributed by atoms with Crippen LogP contribution in [0.5, 0.6) is 5.75 Å². The number of nitrogens with one attached hydrogen (secondary N) is 7. The van der Waals surface area contributed by atoms with E-state index in [1.165, 1.54) is 6.92 Å². The van der Waals surface area contributed by atoms with E-state index >= 15 is 0 Å². The molecule has 0 aliphatic carbocycles. The summed E-state index contributed by atoms with van der Waals surface area (Å²) in [5, 5.41) is 23.4. The van der Waals surface area contributed by atoms with Crippen molar-refractivity contribution < 1.29 is 51.8 Å². The molecule has 1 aliphatic rings. The number of aliphatic carboxylic acids is 1. The molecule has 0 radical (unpaired) electrons. The first kappa shape index (κ1) is 54.9. The number of hydrogen-bond donors (Lipinski definition) is 11. The Morgan fingerprint density at radius 1 is 0.836 bits per heavy atom. The van der Waals surface area contributed by atoms with Gasteiger partial charge in [-0.3, -0.25) is 38.6 Å². The second-order valence-corrected chi connectivity index (χ2v) is 18.7. The summed E-state index contributed by atoms with van der Waals surface area (Å²) in [5.74, 6) is -5.69. The number of guanidine groups is 1. The number of aliphatic imine (C=N–C) groups is 1. The molecule has 24 heteroatoms. The van der Waals surface area contributed by atoms with Crippen LogP contribution >= 0.6 is 12.2 Å². The highest BCUT2D eigenvalue weighted by molar-refractivity contribution is 7.90. The normalized spacial score (nSPS) is 14.4. The smallest absolute Gasteiger partial charge is 0.322 e. The van der Waals surface area contributed by atoms with E-state index in [1.54, 1.807) is 45.0 Å². The fourth-order valence-corrected chi connectivity index (χ4v) is 9.06. The summed E-state index contributed by atoms with van der Waals surface area (Å²) in [7, 11) is -4.23. The molecule has 3 unspecified atom stereocenters. The van der Waals surface area contributed by atoms with Gasteiger partial charge in [0.05, 0.1) is 18.0 Å². The van der Waals surface area contributed by atoms with E-state index in [0.717, 1.165) is 5.56 Å². The Morgan fingerprint density at radius 3 is 1.94 bits per heavy atom. The zero-order chi connectivity index (χ0) is 50.2. The van der Waals surface area contributed by atoms with Crippen LogP contribution in [0, 0.1) is 20.8 Å². The van der Waals surface area contributed by atoms with Crippen molar-refractivity contribution in [2.75, 3.05) is 38.5 Å². The van der Waals surface area contributed by atoms with Crippen LogP contribution in [0.15, 0.2) is 34.2 Å². The second-order valence-electron chi connectivity index (χ2n) is 16.6. The van der Waals surface area contributed by atoms with Crippen molar-refractivity contribution in [3.63, 3.8) is 0 Å². The summed E-state index contributed by atoms with van der Waals surface area (Å²) in [4.78, 5) is 92.9. The van der Waals surface area contributed by atoms with Crippen LogP contribution in [0.1, 0.15) is 87.1 Å². The molecule has 0 spiro atoms. The Bertz CT molecular complexity index is 2360. The maximum atomic E-state index is 13.7. The van der Waals surface area contributed by atoms with Crippen LogP contribution in [-0.2, 0) is 50.0 Å². The standard InChI is InChI=1S/C43H63N11O11S2/c1-23-24(2)38(25(3)27-15-16-43(5,6)65-37(23)27)67(63,64)54-42(46)47-18-10-14-31(39(60)48-20-34(56)52-30(13-9-17-44)40(61)50-22-36(58)59)53-35(57)21-49-41(62)32(51-26(4)55)19-33(66)28-11-7-8-12-29(28)45/h7-8,11-12,30-32H,9-10,13-22,44-45H2,1-6H3,(H,48,60)(H,49,62)(H,50,61)(H,51,55)(H,52,56)(H,53,57)(H,58,59)(H3,46,47,54). The Labute approximate surface area is 395 Å². The average molecular weight is 974 g/mol. The fraction of sp³-hybridized carbons (Fsp3) is 0.512. The van der Waals surface area contributed by atoms with Crippen LogP contribution in [0.2, 0.25) is 0 Å². The number of hydrogen-bond acceptors (Lipinski definition) is 14. The number of nitrogens with two attached hydrogens (primary N) is 3. The molecular formula is C43H63N11O11S2. The first-order chi connectivity index (χ1) is 31.4. The van der Waals surface area contributed by atoms with Crippen molar-refractivity contribution in [1.29, 1.82) is 0 Å². The fourth-order valence-electron chi connectivity index (χ4n) is 7.19. The zero-order valence-corrected chi connectivity index (χ0v) is 40.2. The van der Waals surface area contributed by atoms with Crippen LogP contribution in [0.25, 0.3) is 0 Å². The predicted molar refractivity (Wildman–Crippen MR) is 253 cm³/mol. The van der Waals surface area contributed by atoms with Crippen molar-refractivity contribution in [2.24, 2.45) is 16.5 Å². The summed E-state index contributed by atoms with van der Waals surface area (Å²) in [6.45, 7) is 8.35. The number of para-hydroxylation sites is 1. The third-order valence-electron chi connectivity index (χ3n) is 10.7. The number of carbonyl (C=O) groups is 7. The molecule has 2 aromatic rings. The lowest BCUT2D eigenvalue weighted by atomic mass is 9.88. The summed E-state index contributed by atoms with van der Waals surface area (Å²) in [6, 6.07) is 2.98. The summed E-state index contributed by atoms with van der Waals surface area (Å²) in [5.41, 5.74) is 20.6. The largest absolute Gasteiger partial charge is 0.487 e. The lowest BCUT2D eigenvalue weighted by Crippen LogP contribution is -2.54. The molecule has 0 saturated carbocycles. The number of thiocarbonyl (C=S) groups is 1. The van der Waals surface area contributed by atoms with E-state index in [1.807, 2.05) is 13.8 Å². The Kier molecular flexibility index (Phi) is 20.4. The van der Waals surface area contributed by atoms with E-state index in [2.05, 4.69) is 41.6 Å². The molecule has 0 saturated heterocycles. The Balaban J connectivity index is 1.75. The van der Waals surface area contributed by atoms with Gasteiger partial charge in [0.2, 0.25) is 41.4 Å². The predicted octanol–water partition coefficient (Wildman–Crippen LogP) is -0.874. The van der Waals surface area contributed by atoms with Crippen molar-refractivity contribution in [1.82, 2.24) is 36.6 Å². The van der Waals surface area contributed by atoms with Gasteiger partial charge in [0.1, 0.15) is 36.0 Å². The highest BCUT2D eigenvalue weighted by Crippen LogP contribution is 2.42. The topological polar surface area (TPSA) is 358 Å². The maximum Gasteiger partial charge on any atom is 0.322 e. The number of carboxylic acid groups (broad SMARTS) is 1. The quantitative estimate of drug-likeness (QED) is 0.0152. The molecule has 14 N–H and O–H groups in total. The second kappa shape index (κ2) is 24.9. The molecule has 0 fully saturated rings. The average Bonchev–Trinajstić information content (AvgIpc) is 3.24. The van der Waals surface area contributed by atoms with Crippen LogP contribution in [-0.4, -0.2) is 122 Å². The number of amides is 6. The molecule has 6 amide bonds. The van der Waals surface area contributed by atoms with Gasteiger partial charge in [0.25, 0.3) is 10.0 Å². The number of fused-ring (bicyclic) bond motifs is 1. The number of carboxylic acids is 1. The Hall–Kier alpha value is -6.40. The molecule has 1 heterocycles. The monoisotopic (exact) mass is 973 g/mol. The zero-order valence-electron chi connectivity index (χ0n) is 38.6. The van der Waals surface area contributed by atoms with Gasteiger partial charge < -0.3 is 58.9 Å². The number of ether oxygens (including phenoxy) is 1. The molecule has 3 atom stereocenters. The first-order valence-electron chi connectivity index (χ1n) is 21.5. The summed E-state index contributed by atoms with van der Waals surface area (Å²) in [6.07, 6.45) is 1.45. The lowest BCUT2D eigenvalue weighted by molar-refractivity contribution is -0.138. The SMILES string of the molecule is CC(=O)NC(CC(=S)c1ccccc1N)C(=O)NCC(=O)NC(CCCN=C(N)NS(=O)(=O)c1c(C)c(C)c2c(c1C)CCC(C)(C)O2)C(=O)NCC(=O)NC(CCCN)C(=O)NCC(=O)O. The van der Waals surface area contributed by atoms with Gasteiger partial charge in [-0.1, -0.05) is 30.4 Å². The molecule has 2 aromatic carbocycles. The van der Waals surface area contributed by atoms with Crippen molar-refractivity contribution in [3.05, 3.63) is 52.1 Å². The van der Waals surface area contributed by atoms with Crippen molar-refractivity contribution in [2.45, 2.75) is 115 Å². The minimum atomic E-state index is -4.23. The molecule has 3 rings (SSSR count). The van der Waals surface area contributed by atoms with Crippen LogP contribution in [0.4, 0.5) is 5.69 Å². The molecule has 368 valence electrons. The van der Waals surface area contributed by atoms with Crippen LogP contribution < -0.4 is 58.6 Å². The lowest BCUT2D eigenvalue weighted by Gasteiger charge is -2.35. The van der Waals surface area contributed by atoms with Gasteiger partial charge in [-0.2, -0.15) is 0 Å². The summed E-state index contributed by atoms with van der Waals surface area (Å²) < 4.78 is 36.0. The van der Waals surface area contributed by atoms with Crippen molar-refractivity contribution >= 4 is 80.2 Å². The minimum absolute atomic E-state index is 0.0397. The Morgan fingerprint density at radius 2 is 1.39 bits per heavy atom. The number of anilines is 1. The van der Waals surface area contributed by atoms with E-state index in [4.69, 9.17) is 39.3 Å². The number of rotatable bonds is 24. The van der Waals surface area contributed by atoms with Gasteiger partial charge in [-0.15, -0.1) is 0 Å². The maximum absolute atomic E-state index is 13.7. The molecule has 67 heavy (non-hydrogen) atoms. The van der Waals surface area contributed by atoms with Gasteiger partial charge >= 0.3 is 5.97 Å². The number of benzene rings is 2. The number of carbonyl (C=O) groups excluding carboxylic acids is 6. The molecule has 0 aromatic heterocycles. The first-order valence-corrected chi connectivity index (χ1v) is 23.4. The third kappa shape index (κ3) is 16.8. The van der Waals surface area contributed by atoms with E-state index in [0.29, 0.717) is 53.0 Å². The van der Waals surface area contributed by atoms with Crippen molar-refractivity contribution in [3.8, 4) is 5.75 Å². The van der Waals surface area contributed by atoms with Gasteiger partial charge in [-0.25, -0.2) is 13.1 Å². The van der Waals surface area contributed by atoms with Gasteiger partial charge in [-0.05, 0) is 108 Å². The van der Waals surface area contributed by atoms with E-state index < -0.39 is 101 Å². The van der Waals surface area contributed by atoms with Gasteiger partial charge in [0, 0.05) is 36.0 Å². The minimum Gasteiger partial charge on any atom is -0.487 e. The number of nitrogens with zero attached hydrogens (tertiary/aromatic N) is 1. The van der Waals surface area contributed by atoms with Crippen LogP contribution in [0.3, 0.4) is 0 Å². The van der Waals surface area contributed by atoms with E-state index in [-0.39, 0.29) is 48.5 Å². The number of nitrogen functional groups attached to an aromatic ring is 1. The highest BCUT2D eigenvalue weighted by Gasteiger charge is 2.34. The highest BCUT2D eigenvalue weighted by atomic mass is 32.2. The molecule has 22 nitrogen and oxygen atoms in total. The van der Waals surface area contributed by atoms with E-state index in [9.17, 15) is 42.0 Å². The molecule has 1 aliphatic heterocycles. The molecular weight excluding hydrogens is 911 g/mol. The van der Waals surface area contributed by atoms with Gasteiger partial charge in [0.15, 0.2) is 0 Å². The third-order valence-corrected chi connectivity index (χ3v) is 12.7.